The van der Waals surface area contributed by atoms with Crippen LogP contribution in [-0.2, 0) is 0 Å². The fraction of sp³-hybridized carbons (Fsp3) is 0.333. The Kier molecular flexibility index (Phi) is 3.11. The SMILES string of the molecule is CN(C)c1ccc(N2C=CN(C(F)(F)F)C2)cc1. The third kappa shape index (κ3) is 2.52. The normalized spacial score (nSPS) is 15.4. The summed E-state index contributed by atoms with van der Waals surface area (Å²) in [5.41, 5.74) is 1.75. The molecule has 3 nitrogen and oxygen atoms in total. The zero-order chi connectivity index (χ0) is 13.3. The van der Waals surface area contributed by atoms with Crippen molar-refractivity contribution in [3.8, 4) is 0 Å². The molecule has 0 aliphatic carbocycles. The number of alkyl halides is 3. The summed E-state index contributed by atoms with van der Waals surface area (Å²) in [4.78, 5) is 3.82. The minimum atomic E-state index is -4.32. The molecular weight excluding hydrogens is 243 g/mol. The van der Waals surface area contributed by atoms with Gasteiger partial charge in [-0.15, -0.1) is 0 Å². The van der Waals surface area contributed by atoms with Gasteiger partial charge in [0, 0.05) is 37.9 Å². The Morgan fingerprint density at radius 3 is 2.11 bits per heavy atom. The molecule has 0 N–H and O–H groups in total. The Balaban J connectivity index is 2.09. The van der Waals surface area contributed by atoms with E-state index in [-0.39, 0.29) is 6.67 Å². The van der Waals surface area contributed by atoms with E-state index in [1.807, 2.05) is 31.1 Å². The first kappa shape index (κ1) is 12.6. The second kappa shape index (κ2) is 4.44. The number of benzene rings is 1. The maximum Gasteiger partial charge on any atom is 0.485 e. The summed E-state index contributed by atoms with van der Waals surface area (Å²) in [6, 6.07) is 7.36. The molecule has 0 fully saturated rings. The van der Waals surface area contributed by atoms with Gasteiger partial charge in [-0.25, -0.2) is 0 Å². The molecule has 1 aromatic rings. The van der Waals surface area contributed by atoms with Crippen LogP contribution in [0.1, 0.15) is 0 Å². The summed E-state index contributed by atoms with van der Waals surface area (Å²) in [6.45, 7) is -0.204. The first-order valence-corrected chi connectivity index (χ1v) is 5.44. The predicted octanol–water partition coefficient (Wildman–Crippen LogP) is 2.82. The van der Waals surface area contributed by atoms with Crippen molar-refractivity contribution >= 4 is 11.4 Å². The lowest BCUT2D eigenvalue weighted by molar-refractivity contribution is -0.224. The highest BCUT2D eigenvalue weighted by Crippen LogP contribution is 2.28. The highest BCUT2D eigenvalue weighted by Gasteiger charge is 2.38. The van der Waals surface area contributed by atoms with Crippen molar-refractivity contribution < 1.29 is 13.2 Å². The van der Waals surface area contributed by atoms with E-state index in [0.717, 1.165) is 17.6 Å². The van der Waals surface area contributed by atoms with E-state index in [2.05, 4.69) is 0 Å². The van der Waals surface area contributed by atoms with E-state index in [9.17, 15) is 13.2 Å². The van der Waals surface area contributed by atoms with E-state index in [1.54, 1.807) is 17.0 Å². The smallest absolute Gasteiger partial charge is 0.378 e. The molecule has 6 heteroatoms. The fourth-order valence-electron chi connectivity index (χ4n) is 1.69. The maximum atomic E-state index is 12.5. The topological polar surface area (TPSA) is 9.72 Å². The Labute approximate surface area is 104 Å². The standard InChI is InChI=1S/C12H14F3N3/c1-16(2)10-3-5-11(6-4-10)17-7-8-18(9-17)12(13,14)15/h3-8H,9H2,1-2H3. The van der Waals surface area contributed by atoms with Crippen molar-refractivity contribution in [3.05, 3.63) is 36.7 Å². The third-order valence-corrected chi connectivity index (χ3v) is 2.75. The Hall–Kier alpha value is -1.85. The van der Waals surface area contributed by atoms with Crippen LogP contribution in [-0.4, -0.2) is 32.0 Å². The fourth-order valence-corrected chi connectivity index (χ4v) is 1.69. The lowest BCUT2D eigenvalue weighted by atomic mass is 10.2. The van der Waals surface area contributed by atoms with Gasteiger partial charge in [-0.3, -0.25) is 4.90 Å². The second-order valence-corrected chi connectivity index (χ2v) is 4.26. The van der Waals surface area contributed by atoms with Gasteiger partial charge in [0.1, 0.15) is 6.67 Å². The zero-order valence-corrected chi connectivity index (χ0v) is 10.1. The van der Waals surface area contributed by atoms with Crippen LogP contribution in [0.3, 0.4) is 0 Å². The van der Waals surface area contributed by atoms with Gasteiger partial charge in [0.25, 0.3) is 0 Å². The lowest BCUT2D eigenvalue weighted by Gasteiger charge is -2.23. The van der Waals surface area contributed by atoms with E-state index in [4.69, 9.17) is 0 Å². The summed E-state index contributed by atoms with van der Waals surface area (Å²) in [5.74, 6) is 0. The van der Waals surface area contributed by atoms with Gasteiger partial charge in [-0.2, -0.15) is 13.2 Å². The van der Waals surface area contributed by atoms with Crippen molar-refractivity contribution in [1.82, 2.24) is 4.90 Å². The van der Waals surface area contributed by atoms with E-state index in [0.29, 0.717) is 4.90 Å². The first-order chi connectivity index (χ1) is 8.38. The van der Waals surface area contributed by atoms with E-state index in [1.165, 1.54) is 6.20 Å². The molecule has 0 unspecified atom stereocenters. The number of hydrogen-bond donors (Lipinski definition) is 0. The molecule has 0 saturated heterocycles. The zero-order valence-electron chi connectivity index (χ0n) is 10.1. The third-order valence-electron chi connectivity index (χ3n) is 2.75. The van der Waals surface area contributed by atoms with Crippen LogP contribution < -0.4 is 9.80 Å². The number of nitrogens with zero attached hydrogens (tertiary/aromatic N) is 3. The maximum absolute atomic E-state index is 12.5. The number of anilines is 2. The van der Waals surface area contributed by atoms with Crippen molar-refractivity contribution in [3.63, 3.8) is 0 Å². The van der Waals surface area contributed by atoms with E-state index < -0.39 is 6.30 Å². The molecule has 1 aliphatic heterocycles. The largest absolute Gasteiger partial charge is 0.485 e. The van der Waals surface area contributed by atoms with Crippen molar-refractivity contribution in [1.29, 1.82) is 0 Å². The van der Waals surface area contributed by atoms with Gasteiger partial charge in [0.15, 0.2) is 0 Å². The van der Waals surface area contributed by atoms with Gasteiger partial charge >= 0.3 is 6.30 Å². The summed E-state index contributed by atoms with van der Waals surface area (Å²) in [6.07, 6.45) is -1.85. The van der Waals surface area contributed by atoms with Crippen LogP contribution in [0.2, 0.25) is 0 Å². The van der Waals surface area contributed by atoms with Crippen LogP contribution in [0.25, 0.3) is 0 Å². The summed E-state index contributed by atoms with van der Waals surface area (Å²) in [5, 5.41) is 0. The lowest BCUT2D eigenvalue weighted by Crippen LogP contribution is -2.36. The molecule has 2 rings (SSSR count). The molecule has 1 aliphatic rings. The molecule has 18 heavy (non-hydrogen) atoms. The number of rotatable bonds is 2. The Bertz CT molecular complexity index is 437. The monoisotopic (exact) mass is 257 g/mol. The van der Waals surface area contributed by atoms with Crippen molar-refractivity contribution in [2.75, 3.05) is 30.6 Å². The average molecular weight is 257 g/mol. The summed E-state index contributed by atoms with van der Waals surface area (Å²) in [7, 11) is 3.83. The van der Waals surface area contributed by atoms with Gasteiger partial charge < -0.3 is 9.80 Å². The molecule has 0 amide bonds. The predicted molar refractivity (Wildman–Crippen MR) is 65.1 cm³/mol. The van der Waals surface area contributed by atoms with Crippen LogP contribution in [0.5, 0.6) is 0 Å². The molecule has 0 radical (unpaired) electrons. The quantitative estimate of drug-likeness (QED) is 0.754. The molecule has 0 aromatic heterocycles. The highest BCUT2D eigenvalue weighted by molar-refractivity contribution is 5.57. The van der Waals surface area contributed by atoms with Gasteiger partial charge in [-0.05, 0) is 24.3 Å². The molecule has 0 spiro atoms. The van der Waals surface area contributed by atoms with Crippen molar-refractivity contribution in [2.24, 2.45) is 0 Å². The Morgan fingerprint density at radius 1 is 1.06 bits per heavy atom. The van der Waals surface area contributed by atoms with Crippen LogP contribution in [0.15, 0.2) is 36.7 Å². The summed E-state index contributed by atoms with van der Waals surface area (Å²) >= 11 is 0. The molecule has 0 atom stereocenters. The molecule has 1 aromatic carbocycles. The minimum Gasteiger partial charge on any atom is -0.378 e. The van der Waals surface area contributed by atoms with Crippen LogP contribution >= 0.6 is 0 Å². The van der Waals surface area contributed by atoms with Gasteiger partial charge in [0.2, 0.25) is 0 Å². The second-order valence-electron chi connectivity index (χ2n) is 4.26. The number of hydrogen-bond acceptors (Lipinski definition) is 3. The minimum absolute atomic E-state index is 0.204. The molecule has 0 bridgehead atoms. The molecule has 98 valence electrons. The van der Waals surface area contributed by atoms with Gasteiger partial charge in [-0.1, -0.05) is 0 Å². The highest BCUT2D eigenvalue weighted by atomic mass is 19.4. The Morgan fingerprint density at radius 2 is 1.67 bits per heavy atom. The van der Waals surface area contributed by atoms with Crippen LogP contribution in [0.4, 0.5) is 24.5 Å². The number of halogens is 3. The van der Waals surface area contributed by atoms with Gasteiger partial charge in [0.05, 0.1) is 0 Å². The average Bonchev–Trinajstić information content (AvgIpc) is 2.78. The van der Waals surface area contributed by atoms with Crippen molar-refractivity contribution in [2.45, 2.75) is 6.30 Å². The molecule has 1 heterocycles. The molecular formula is C12H14F3N3. The van der Waals surface area contributed by atoms with Crippen LogP contribution in [0, 0.1) is 0 Å². The summed E-state index contributed by atoms with van der Waals surface area (Å²) < 4.78 is 37.4. The first-order valence-electron chi connectivity index (χ1n) is 5.44. The van der Waals surface area contributed by atoms with E-state index >= 15 is 0 Å². The molecule has 0 saturated carbocycles.